The van der Waals surface area contributed by atoms with E-state index in [2.05, 4.69) is 4.98 Å². The fourth-order valence-corrected chi connectivity index (χ4v) is 7.46. The van der Waals surface area contributed by atoms with Crippen LogP contribution in [-0.2, 0) is 14.8 Å². The van der Waals surface area contributed by atoms with Gasteiger partial charge in [0.15, 0.2) is 5.13 Å². The topological polar surface area (TPSA) is 79.8 Å². The summed E-state index contributed by atoms with van der Waals surface area (Å²) >= 11 is 7.75. The van der Waals surface area contributed by atoms with Crippen LogP contribution in [0.1, 0.15) is 50.9 Å². The molecule has 1 unspecified atom stereocenters. The van der Waals surface area contributed by atoms with Gasteiger partial charge in [0.1, 0.15) is 5.52 Å². The maximum atomic E-state index is 13.7. The van der Waals surface area contributed by atoms with Crippen LogP contribution in [0.4, 0.5) is 5.13 Å². The molecule has 2 heterocycles. The zero-order valence-electron chi connectivity index (χ0n) is 21.7. The number of sulfonamides is 1. The number of para-hydroxylation sites is 1. The van der Waals surface area contributed by atoms with Gasteiger partial charge in [0, 0.05) is 25.3 Å². The number of anilines is 1. The van der Waals surface area contributed by atoms with E-state index in [9.17, 15) is 13.2 Å². The minimum atomic E-state index is -3.68. The van der Waals surface area contributed by atoms with E-state index in [1.807, 2.05) is 39.8 Å². The van der Waals surface area contributed by atoms with Crippen LogP contribution in [0, 0.1) is 11.8 Å². The molecule has 1 atom stereocenters. The van der Waals surface area contributed by atoms with Gasteiger partial charge in [-0.2, -0.15) is 4.31 Å². The van der Waals surface area contributed by atoms with Crippen molar-refractivity contribution in [2.75, 3.05) is 31.1 Å². The van der Waals surface area contributed by atoms with Gasteiger partial charge in [0.2, 0.25) is 10.0 Å². The van der Waals surface area contributed by atoms with Gasteiger partial charge in [0.25, 0.3) is 5.91 Å². The molecule has 3 aromatic rings. The summed E-state index contributed by atoms with van der Waals surface area (Å²) in [6, 6.07) is 11.8. The zero-order valence-corrected chi connectivity index (χ0v) is 24.1. The maximum absolute atomic E-state index is 13.7. The second kappa shape index (κ2) is 11.8. The van der Waals surface area contributed by atoms with Crippen molar-refractivity contribution in [3.8, 4) is 0 Å². The van der Waals surface area contributed by atoms with Gasteiger partial charge in [-0.3, -0.25) is 9.69 Å². The van der Waals surface area contributed by atoms with Gasteiger partial charge in [-0.15, -0.1) is 0 Å². The number of benzene rings is 2. The zero-order chi connectivity index (χ0) is 26.7. The van der Waals surface area contributed by atoms with Crippen molar-refractivity contribution in [1.82, 2.24) is 9.29 Å². The monoisotopic (exact) mass is 563 g/mol. The number of hydrogen-bond acceptors (Lipinski definition) is 6. The molecule has 1 aromatic heterocycles. The summed E-state index contributed by atoms with van der Waals surface area (Å²) in [7, 11) is -3.68. The Labute approximate surface area is 228 Å². The van der Waals surface area contributed by atoms with Gasteiger partial charge in [0.05, 0.1) is 27.3 Å². The van der Waals surface area contributed by atoms with Gasteiger partial charge < -0.3 is 4.74 Å². The molecule has 1 amide bonds. The minimum absolute atomic E-state index is 0.0771. The molecule has 7 nitrogen and oxygen atoms in total. The van der Waals surface area contributed by atoms with E-state index < -0.39 is 10.0 Å². The summed E-state index contributed by atoms with van der Waals surface area (Å²) in [5, 5.41) is 1.08. The summed E-state index contributed by atoms with van der Waals surface area (Å²) in [6.45, 7) is 9.93. The second-order valence-electron chi connectivity index (χ2n) is 10.3. The number of thiazole rings is 1. The largest absolute Gasteiger partial charge is 0.376 e. The first kappa shape index (κ1) is 28.0. The number of fused-ring (bicyclic) bond motifs is 1. The minimum Gasteiger partial charge on any atom is -0.376 e. The highest BCUT2D eigenvalue weighted by molar-refractivity contribution is 7.89. The van der Waals surface area contributed by atoms with Crippen LogP contribution in [0.2, 0.25) is 5.02 Å². The third kappa shape index (κ3) is 6.52. The number of ether oxygens (including phenoxy) is 1. The molecule has 4 rings (SSSR count). The SMILES string of the molecule is CC(C)CN(CC(C)C)S(=O)(=O)c1ccc(C(=O)N(CC2CCCO2)c2nc3c(Cl)cccc3s2)cc1. The van der Waals surface area contributed by atoms with Crippen LogP contribution < -0.4 is 4.90 Å². The van der Waals surface area contributed by atoms with E-state index in [1.165, 1.54) is 27.8 Å². The lowest BCUT2D eigenvalue weighted by Gasteiger charge is -2.26. The molecule has 10 heteroatoms. The Kier molecular flexibility index (Phi) is 8.91. The summed E-state index contributed by atoms with van der Waals surface area (Å²) in [5.74, 6) is 0.141. The summed E-state index contributed by atoms with van der Waals surface area (Å²) in [5.41, 5.74) is 1.05. The van der Waals surface area contributed by atoms with Gasteiger partial charge >= 0.3 is 0 Å². The van der Waals surface area contributed by atoms with Gasteiger partial charge in [-0.25, -0.2) is 13.4 Å². The smallest absolute Gasteiger partial charge is 0.260 e. The summed E-state index contributed by atoms with van der Waals surface area (Å²) < 4.78 is 35.0. The number of carbonyl (C=O) groups is 1. The highest BCUT2D eigenvalue weighted by Crippen LogP contribution is 2.34. The number of hydrogen-bond donors (Lipinski definition) is 0. The summed E-state index contributed by atoms with van der Waals surface area (Å²) in [6.07, 6.45) is 1.74. The van der Waals surface area contributed by atoms with E-state index in [0.29, 0.717) is 47.5 Å². The molecule has 200 valence electrons. The van der Waals surface area contributed by atoms with Crippen LogP contribution in [0.3, 0.4) is 0 Å². The Hall–Kier alpha value is -2.04. The van der Waals surface area contributed by atoms with E-state index in [-0.39, 0.29) is 28.7 Å². The van der Waals surface area contributed by atoms with Crippen molar-refractivity contribution in [1.29, 1.82) is 0 Å². The molecular weight excluding hydrogens is 530 g/mol. The third-order valence-corrected chi connectivity index (χ3v) is 9.32. The standard InChI is InChI=1S/C27H34ClN3O4S2/c1-18(2)15-30(16-19(3)4)37(33,34)22-12-10-20(11-13-22)26(32)31(17-21-7-6-14-35-21)27-29-25-23(28)8-5-9-24(25)36-27/h5,8-13,18-19,21H,6-7,14-17H2,1-4H3. The van der Waals surface area contributed by atoms with Crippen molar-refractivity contribution in [3.63, 3.8) is 0 Å². The number of nitrogens with zero attached hydrogens (tertiary/aromatic N) is 3. The fourth-order valence-electron chi connectivity index (χ4n) is 4.42. The molecule has 0 N–H and O–H groups in total. The van der Waals surface area contributed by atoms with Crippen molar-refractivity contribution >= 4 is 54.2 Å². The molecule has 1 fully saturated rings. The van der Waals surface area contributed by atoms with Crippen molar-refractivity contribution < 1.29 is 17.9 Å². The van der Waals surface area contributed by atoms with Crippen molar-refractivity contribution in [3.05, 3.63) is 53.1 Å². The maximum Gasteiger partial charge on any atom is 0.260 e. The number of aromatic nitrogens is 1. The molecule has 0 aliphatic carbocycles. The predicted octanol–water partition coefficient (Wildman–Crippen LogP) is 6.08. The molecule has 1 aliphatic rings. The van der Waals surface area contributed by atoms with Gasteiger partial charge in [-0.05, 0) is 61.1 Å². The number of halogens is 1. The number of rotatable bonds is 10. The van der Waals surface area contributed by atoms with Gasteiger partial charge in [-0.1, -0.05) is 56.7 Å². The van der Waals surface area contributed by atoms with Crippen LogP contribution in [0.5, 0.6) is 0 Å². The third-order valence-electron chi connectivity index (χ3n) is 6.12. The second-order valence-corrected chi connectivity index (χ2v) is 13.6. The highest BCUT2D eigenvalue weighted by atomic mass is 35.5. The average molecular weight is 564 g/mol. The molecular formula is C27H34ClN3O4S2. The first-order chi connectivity index (χ1) is 17.6. The number of amides is 1. The van der Waals surface area contributed by atoms with Crippen molar-refractivity contribution in [2.45, 2.75) is 51.5 Å². The van der Waals surface area contributed by atoms with E-state index >= 15 is 0 Å². The molecule has 1 aliphatic heterocycles. The lowest BCUT2D eigenvalue weighted by molar-refractivity contribution is 0.0917. The normalized spacial score (nSPS) is 16.4. The summed E-state index contributed by atoms with van der Waals surface area (Å²) in [4.78, 5) is 20.2. The molecule has 0 spiro atoms. The lowest BCUT2D eigenvalue weighted by Crippen LogP contribution is -2.38. The Bertz CT molecular complexity index is 1320. The Morgan fingerprint density at radius 1 is 1.11 bits per heavy atom. The molecule has 37 heavy (non-hydrogen) atoms. The first-order valence-electron chi connectivity index (χ1n) is 12.6. The highest BCUT2D eigenvalue weighted by Gasteiger charge is 2.29. The molecule has 2 aromatic carbocycles. The first-order valence-corrected chi connectivity index (χ1v) is 15.3. The van der Waals surface area contributed by atoms with E-state index in [1.54, 1.807) is 23.1 Å². The number of carbonyl (C=O) groups excluding carboxylic acids is 1. The lowest BCUT2D eigenvalue weighted by atomic mass is 10.2. The average Bonchev–Trinajstić information content (AvgIpc) is 3.52. The quantitative estimate of drug-likeness (QED) is 0.299. The van der Waals surface area contributed by atoms with Crippen LogP contribution in [0.15, 0.2) is 47.4 Å². The molecule has 0 bridgehead atoms. The van der Waals surface area contributed by atoms with Crippen molar-refractivity contribution in [2.24, 2.45) is 11.8 Å². The molecule has 0 radical (unpaired) electrons. The Morgan fingerprint density at radius 2 is 1.78 bits per heavy atom. The van der Waals surface area contributed by atoms with E-state index in [4.69, 9.17) is 16.3 Å². The molecule has 1 saturated heterocycles. The fraction of sp³-hybridized carbons (Fsp3) is 0.481. The van der Waals surface area contributed by atoms with Crippen LogP contribution in [-0.4, -0.2) is 56.0 Å². The van der Waals surface area contributed by atoms with Crippen LogP contribution >= 0.6 is 22.9 Å². The van der Waals surface area contributed by atoms with E-state index in [0.717, 1.165) is 17.5 Å². The molecule has 0 saturated carbocycles. The predicted molar refractivity (Wildman–Crippen MR) is 150 cm³/mol. The van der Waals surface area contributed by atoms with Crippen LogP contribution in [0.25, 0.3) is 10.2 Å². The Morgan fingerprint density at radius 3 is 2.35 bits per heavy atom. The Balaban J connectivity index is 1.63.